The van der Waals surface area contributed by atoms with Crippen molar-refractivity contribution in [1.29, 1.82) is 0 Å². The highest BCUT2D eigenvalue weighted by Gasteiger charge is 2.66. The number of carbonyl (C=O) groups excluding carboxylic acids is 2. The van der Waals surface area contributed by atoms with E-state index in [-0.39, 0.29) is 23.8 Å². The van der Waals surface area contributed by atoms with Crippen LogP contribution in [0, 0.1) is 18.8 Å². The standard InChI is InChI=1S/C29H40N6O2/c1-20-23(9-10-26(30)34-20)19-33-28(37)29-17-24(29)8-5-15-35(29)27(36)25(16-21-6-3-2-4-7-21)32-18-22-11-13-31-14-12-22/h9-14,21,24-25,32H,2-8,15-19H2,1H3,(H2,30,34)(H,33,37)/t24-,25-,29+/m1/s1. The van der Waals surface area contributed by atoms with Gasteiger partial charge >= 0.3 is 0 Å². The average Bonchev–Trinajstić information content (AvgIpc) is 3.67. The molecular formula is C29H40N6O2. The van der Waals surface area contributed by atoms with Crippen molar-refractivity contribution >= 4 is 17.6 Å². The van der Waals surface area contributed by atoms with Crippen molar-refractivity contribution in [2.24, 2.45) is 11.8 Å². The Morgan fingerprint density at radius 1 is 1.08 bits per heavy atom. The molecule has 2 aromatic rings. The summed E-state index contributed by atoms with van der Waals surface area (Å²) in [5, 5.41) is 6.71. The number of hydrogen-bond donors (Lipinski definition) is 3. The third-order valence-corrected chi connectivity index (χ3v) is 8.70. The van der Waals surface area contributed by atoms with Gasteiger partial charge in [-0.1, -0.05) is 38.2 Å². The molecular weight excluding hydrogens is 464 g/mol. The number of rotatable bonds is 9. The summed E-state index contributed by atoms with van der Waals surface area (Å²) in [6.45, 7) is 3.55. The normalized spacial score (nSPS) is 24.2. The highest BCUT2D eigenvalue weighted by molar-refractivity contribution is 5.96. The third-order valence-electron chi connectivity index (χ3n) is 8.70. The number of aryl methyl sites for hydroxylation is 1. The first kappa shape index (κ1) is 25.6. The maximum absolute atomic E-state index is 14.2. The number of amides is 2. The van der Waals surface area contributed by atoms with Crippen LogP contribution in [-0.2, 0) is 22.7 Å². The number of carbonyl (C=O) groups is 2. The van der Waals surface area contributed by atoms with E-state index >= 15 is 0 Å². The SMILES string of the molecule is Cc1nc(N)ccc1CNC(=O)[C@]12C[C@H]1CCCN2C(=O)[C@@H](CC1CCCCC1)NCc1ccncc1. The minimum atomic E-state index is -0.715. The molecule has 8 nitrogen and oxygen atoms in total. The molecule has 8 heteroatoms. The Morgan fingerprint density at radius 2 is 1.86 bits per heavy atom. The van der Waals surface area contributed by atoms with Crippen LogP contribution in [-0.4, -0.2) is 44.8 Å². The molecule has 3 heterocycles. The Balaban J connectivity index is 1.31. The molecule has 3 fully saturated rings. The fourth-order valence-corrected chi connectivity index (χ4v) is 6.47. The Hall–Kier alpha value is -3.00. The summed E-state index contributed by atoms with van der Waals surface area (Å²) in [4.78, 5) is 38.1. The second-order valence-electron chi connectivity index (χ2n) is 11.1. The molecule has 37 heavy (non-hydrogen) atoms. The molecule has 198 valence electrons. The van der Waals surface area contributed by atoms with E-state index < -0.39 is 5.54 Å². The molecule has 0 bridgehead atoms. The van der Waals surface area contributed by atoms with Crippen LogP contribution in [0.25, 0.3) is 0 Å². The van der Waals surface area contributed by atoms with Gasteiger partial charge in [-0.15, -0.1) is 0 Å². The lowest BCUT2D eigenvalue weighted by Gasteiger charge is -2.39. The number of piperidine rings is 1. The maximum Gasteiger partial charge on any atom is 0.246 e. The number of anilines is 1. The summed E-state index contributed by atoms with van der Waals surface area (Å²) in [5.41, 5.74) is 7.94. The number of pyridine rings is 2. The Kier molecular flexibility index (Phi) is 7.74. The highest BCUT2D eigenvalue weighted by atomic mass is 16.2. The molecule has 2 saturated carbocycles. The van der Waals surface area contributed by atoms with Crippen molar-refractivity contribution < 1.29 is 9.59 Å². The van der Waals surface area contributed by atoms with E-state index in [2.05, 4.69) is 20.6 Å². The minimum Gasteiger partial charge on any atom is -0.384 e. The van der Waals surface area contributed by atoms with Gasteiger partial charge in [0.25, 0.3) is 0 Å². The van der Waals surface area contributed by atoms with Crippen molar-refractivity contribution in [3.8, 4) is 0 Å². The monoisotopic (exact) mass is 504 g/mol. The van der Waals surface area contributed by atoms with Gasteiger partial charge < -0.3 is 21.3 Å². The highest BCUT2D eigenvalue weighted by Crippen LogP contribution is 2.54. The van der Waals surface area contributed by atoms with E-state index in [1.807, 2.05) is 30.0 Å². The van der Waals surface area contributed by atoms with Gasteiger partial charge in [-0.2, -0.15) is 0 Å². The Bertz CT molecular complexity index is 1100. The van der Waals surface area contributed by atoms with E-state index in [9.17, 15) is 9.59 Å². The molecule has 4 N–H and O–H groups in total. The number of fused-ring (bicyclic) bond motifs is 1. The van der Waals surface area contributed by atoms with Gasteiger partial charge in [-0.05, 0) is 73.8 Å². The van der Waals surface area contributed by atoms with Crippen LogP contribution in [0.1, 0.15) is 74.6 Å². The van der Waals surface area contributed by atoms with Crippen molar-refractivity contribution in [1.82, 2.24) is 25.5 Å². The van der Waals surface area contributed by atoms with Gasteiger partial charge in [0.2, 0.25) is 11.8 Å². The van der Waals surface area contributed by atoms with Gasteiger partial charge in [0.1, 0.15) is 11.4 Å². The van der Waals surface area contributed by atoms with Crippen LogP contribution < -0.4 is 16.4 Å². The van der Waals surface area contributed by atoms with Gasteiger partial charge in [0, 0.05) is 37.7 Å². The van der Waals surface area contributed by atoms with Crippen molar-refractivity contribution in [3.05, 3.63) is 53.5 Å². The maximum atomic E-state index is 14.2. The first-order chi connectivity index (χ1) is 18.0. The number of hydrogen-bond acceptors (Lipinski definition) is 6. The third kappa shape index (κ3) is 5.64. The predicted octanol–water partition coefficient (Wildman–Crippen LogP) is 3.49. The van der Waals surface area contributed by atoms with Crippen LogP contribution in [0.5, 0.6) is 0 Å². The van der Waals surface area contributed by atoms with Gasteiger partial charge in [0.15, 0.2) is 0 Å². The smallest absolute Gasteiger partial charge is 0.246 e. The van der Waals surface area contributed by atoms with Gasteiger partial charge in [0.05, 0.1) is 6.04 Å². The lowest BCUT2D eigenvalue weighted by Crippen LogP contribution is -2.59. The largest absolute Gasteiger partial charge is 0.384 e. The summed E-state index contributed by atoms with van der Waals surface area (Å²) in [7, 11) is 0. The molecule has 0 spiro atoms. The van der Waals surface area contributed by atoms with E-state index in [1.165, 1.54) is 32.1 Å². The molecule has 1 aliphatic heterocycles. The first-order valence-electron chi connectivity index (χ1n) is 13.9. The minimum absolute atomic E-state index is 0.0349. The molecule has 0 aromatic carbocycles. The number of aromatic nitrogens is 2. The van der Waals surface area contributed by atoms with E-state index in [4.69, 9.17) is 5.73 Å². The zero-order valence-electron chi connectivity index (χ0n) is 21.9. The summed E-state index contributed by atoms with van der Waals surface area (Å²) < 4.78 is 0. The fraction of sp³-hybridized carbons (Fsp3) is 0.586. The molecule has 2 aromatic heterocycles. The molecule has 0 radical (unpaired) electrons. The number of nitrogens with two attached hydrogens (primary N) is 1. The number of nitrogens with one attached hydrogen (secondary N) is 2. The molecule has 5 rings (SSSR count). The van der Waals surface area contributed by atoms with Crippen LogP contribution >= 0.6 is 0 Å². The van der Waals surface area contributed by atoms with Gasteiger partial charge in [-0.25, -0.2) is 4.98 Å². The lowest BCUT2D eigenvalue weighted by atomic mass is 9.84. The fourth-order valence-electron chi connectivity index (χ4n) is 6.47. The topological polar surface area (TPSA) is 113 Å². The Labute approximate surface area is 219 Å². The summed E-state index contributed by atoms with van der Waals surface area (Å²) >= 11 is 0. The van der Waals surface area contributed by atoms with Crippen LogP contribution in [0.15, 0.2) is 36.7 Å². The number of nitrogens with zero attached hydrogens (tertiary/aromatic N) is 3. The Morgan fingerprint density at radius 3 is 2.62 bits per heavy atom. The molecule has 2 aliphatic carbocycles. The first-order valence-corrected chi connectivity index (χ1v) is 13.9. The van der Waals surface area contributed by atoms with Crippen LogP contribution in [0.4, 0.5) is 5.82 Å². The van der Waals surface area contributed by atoms with E-state index in [0.29, 0.717) is 31.4 Å². The van der Waals surface area contributed by atoms with Crippen LogP contribution in [0.2, 0.25) is 0 Å². The summed E-state index contributed by atoms with van der Waals surface area (Å²) in [6.07, 6.45) is 13.3. The number of likely N-dealkylation sites (tertiary alicyclic amines) is 1. The van der Waals surface area contributed by atoms with Crippen LogP contribution in [0.3, 0.4) is 0 Å². The number of nitrogen functional groups attached to an aromatic ring is 1. The van der Waals surface area contributed by atoms with E-state index in [0.717, 1.165) is 42.5 Å². The average molecular weight is 505 g/mol. The van der Waals surface area contributed by atoms with Crippen molar-refractivity contribution in [2.75, 3.05) is 12.3 Å². The second kappa shape index (κ2) is 11.2. The summed E-state index contributed by atoms with van der Waals surface area (Å²) in [5.74, 6) is 1.32. The van der Waals surface area contributed by atoms with E-state index in [1.54, 1.807) is 18.5 Å². The van der Waals surface area contributed by atoms with Gasteiger partial charge in [-0.3, -0.25) is 14.6 Å². The molecule has 0 unspecified atom stereocenters. The summed E-state index contributed by atoms with van der Waals surface area (Å²) in [6, 6.07) is 7.34. The zero-order chi connectivity index (χ0) is 25.8. The quantitative estimate of drug-likeness (QED) is 0.482. The molecule has 1 saturated heterocycles. The predicted molar refractivity (Wildman–Crippen MR) is 143 cm³/mol. The molecule has 2 amide bonds. The van der Waals surface area contributed by atoms with Crippen molar-refractivity contribution in [3.63, 3.8) is 0 Å². The zero-order valence-corrected chi connectivity index (χ0v) is 21.9. The lowest BCUT2D eigenvalue weighted by molar-refractivity contribution is -0.146. The second-order valence-corrected chi connectivity index (χ2v) is 11.1. The molecule has 3 aliphatic rings. The van der Waals surface area contributed by atoms with Crippen molar-refractivity contribution in [2.45, 2.75) is 89.4 Å². The molecule has 3 atom stereocenters.